The fraction of sp³-hybridized carbons (Fsp3) is 0.750. The number of aliphatic hydroxyl groups is 1. The van der Waals surface area contributed by atoms with Gasteiger partial charge in [-0.2, -0.15) is 5.10 Å². The average molecular weight is 302 g/mol. The maximum Gasteiger partial charge on any atom is 0.101 e. The molecule has 0 spiro atoms. The van der Waals surface area contributed by atoms with Crippen LogP contribution in [-0.4, -0.2) is 28.0 Å². The van der Waals surface area contributed by atoms with Crippen LogP contribution >= 0.6 is 15.9 Å². The number of rotatable bonds is 3. The first-order chi connectivity index (χ1) is 8.11. The molecule has 0 radical (unpaired) electrons. The summed E-state index contributed by atoms with van der Waals surface area (Å²) in [6, 6.07) is 0.266. The number of aromatic nitrogens is 2. The van der Waals surface area contributed by atoms with E-state index in [1.165, 1.54) is 0 Å². The molecule has 1 fully saturated rings. The van der Waals surface area contributed by atoms with Crippen molar-refractivity contribution in [2.75, 3.05) is 13.1 Å². The van der Waals surface area contributed by atoms with E-state index in [4.69, 9.17) is 0 Å². The lowest BCUT2D eigenvalue weighted by Gasteiger charge is -2.28. The molecule has 0 aliphatic carbocycles. The smallest absolute Gasteiger partial charge is 0.101 e. The number of hydrogen-bond acceptors (Lipinski definition) is 3. The predicted molar refractivity (Wildman–Crippen MR) is 70.9 cm³/mol. The summed E-state index contributed by atoms with van der Waals surface area (Å²) in [5.41, 5.74) is 0.911. The SMILES string of the molecule is CC(C)n1ncc(Br)c1C(O)C1CCCNC1. The third kappa shape index (κ3) is 2.72. The zero-order valence-electron chi connectivity index (χ0n) is 10.4. The van der Waals surface area contributed by atoms with Crippen molar-refractivity contribution < 1.29 is 5.11 Å². The minimum absolute atomic E-state index is 0.266. The van der Waals surface area contributed by atoms with Crippen LogP contribution < -0.4 is 5.32 Å². The summed E-state index contributed by atoms with van der Waals surface area (Å²) in [5, 5.41) is 18.2. The van der Waals surface area contributed by atoms with Crippen molar-refractivity contribution in [3.63, 3.8) is 0 Å². The van der Waals surface area contributed by atoms with Crippen LogP contribution in [0.15, 0.2) is 10.7 Å². The minimum Gasteiger partial charge on any atom is -0.386 e. The molecule has 96 valence electrons. The second kappa shape index (κ2) is 5.50. The quantitative estimate of drug-likeness (QED) is 0.900. The molecule has 0 bridgehead atoms. The van der Waals surface area contributed by atoms with Gasteiger partial charge in [0, 0.05) is 18.5 Å². The lowest BCUT2D eigenvalue weighted by molar-refractivity contribution is 0.0820. The maximum absolute atomic E-state index is 10.5. The van der Waals surface area contributed by atoms with Gasteiger partial charge in [0.05, 0.1) is 16.4 Å². The van der Waals surface area contributed by atoms with Gasteiger partial charge in [0.25, 0.3) is 0 Å². The maximum atomic E-state index is 10.5. The van der Waals surface area contributed by atoms with Gasteiger partial charge in [-0.15, -0.1) is 0 Å². The van der Waals surface area contributed by atoms with E-state index in [1.807, 2.05) is 4.68 Å². The highest BCUT2D eigenvalue weighted by Gasteiger charge is 2.28. The molecule has 4 nitrogen and oxygen atoms in total. The monoisotopic (exact) mass is 301 g/mol. The Labute approximate surface area is 111 Å². The third-order valence-corrected chi connectivity index (χ3v) is 3.95. The van der Waals surface area contributed by atoms with Crippen molar-refractivity contribution >= 4 is 15.9 Å². The van der Waals surface area contributed by atoms with Gasteiger partial charge in [0.1, 0.15) is 6.10 Å². The second-order valence-electron chi connectivity index (χ2n) is 4.97. The Balaban J connectivity index is 2.22. The summed E-state index contributed by atoms with van der Waals surface area (Å²) < 4.78 is 2.81. The Kier molecular flexibility index (Phi) is 4.22. The van der Waals surface area contributed by atoms with Crippen molar-refractivity contribution in [2.45, 2.75) is 38.8 Å². The molecule has 1 aromatic heterocycles. The van der Waals surface area contributed by atoms with Crippen LogP contribution in [0.25, 0.3) is 0 Å². The summed E-state index contributed by atoms with van der Waals surface area (Å²) in [5.74, 6) is 0.286. The van der Waals surface area contributed by atoms with E-state index in [0.717, 1.165) is 36.1 Å². The molecule has 1 aliphatic heterocycles. The van der Waals surface area contributed by atoms with Crippen LogP contribution in [0.2, 0.25) is 0 Å². The lowest BCUT2D eigenvalue weighted by atomic mass is 9.92. The molecule has 2 unspecified atom stereocenters. The third-order valence-electron chi connectivity index (χ3n) is 3.34. The molecule has 2 rings (SSSR count). The van der Waals surface area contributed by atoms with Gasteiger partial charge in [-0.3, -0.25) is 4.68 Å². The van der Waals surface area contributed by atoms with Crippen molar-refractivity contribution in [3.05, 3.63) is 16.4 Å². The molecule has 0 amide bonds. The number of piperidine rings is 1. The van der Waals surface area contributed by atoms with Gasteiger partial charge in [0.2, 0.25) is 0 Å². The molecule has 1 aliphatic rings. The van der Waals surface area contributed by atoms with Gasteiger partial charge >= 0.3 is 0 Å². The molecule has 0 aromatic carbocycles. The minimum atomic E-state index is -0.443. The normalized spacial score (nSPS) is 23.0. The van der Waals surface area contributed by atoms with Crippen molar-refractivity contribution in [1.82, 2.24) is 15.1 Å². The van der Waals surface area contributed by atoms with E-state index in [-0.39, 0.29) is 12.0 Å². The van der Waals surface area contributed by atoms with E-state index in [1.54, 1.807) is 6.20 Å². The lowest BCUT2D eigenvalue weighted by Crippen LogP contribution is -2.34. The molecular weight excluding hydrogens is 282 g/mol. The van der Waals surface area contributed by atoms with E-state index in [0.29, 0.717) is 0 Å². The molecule has 17 heavy (non-hydrogen) atoms. The van der Waals surface area contributed by atoms with Crippen LogP contribution in [0.4, 0.5) is 0 Å². The first-order valence-electron chi connectivity index (χ1n) is 6.23. The summed E-state index contributed by atoms with van der Waals surface area (Å²) in [4.78, 5) is 0. The van der Waals surface area contributed by atoms with Crippen LogP contribution in [0, 0.1) is 5.92 Å². The van der Waals surface area contributed by atoms with Gasteiger partial charge in [0.15, 0.2) is 0 Å². The van der Waals surface area contributed by atoms with E-state index in [2.05, 4.69) is 40.2 Å². The van der Waals surface area contributed by atoms with Crippen LogP contribution in [-0.2, 0) is 0 Å². The highest BCUT2D eigenvalue weighted by atomic mass is 79.9. The molecule has 1 aromatic rings. The van der Waals surface area contributed by atoms with Crippen LogP contribution in [0.1, 0.15) is 44.5 Å². The Morgan fingerprint density at radius 3 is 2.94 bits per heavy atom. The molecule has 0 saturated carbocycles. The van der Waals surface area contributed by atoms with Crippen LogP contribution in [0.5, 0.6) is 0 Å². The standard InChI is InChI=1S/C12H20BrN3O/c1-8(2)16-11(10(13)7-15-16)12(17)9-4-3-5-14-6-9/h7-9,12,14,17H,3-6H2,1-2H3. The number of halogens is 1. The molecule has 2 heterocycles. The zero-order chi connectivity index (χ0) is 12.4. The first-order valence-corrected chi connectivity index (χ1v) is 7.02. The summed E-state index contributed by atoms with van der Waals surface area (Å²) in [6.07, 6.45) is 3.54. The molecule has 2 atom stereocenters. The van der Waals surface area contributed by atoms with Crippen LogP contribution in [0.3, 0.4) is 0 Å². The second-order valence-corrected chi connectivity index (χ2v) is 5.82. The highest BCUT2D eigenvalue weighted by molar-refractivity contribution is 9.10. The Hall–Kier alpha value is -0.390. The van der Waals surface area contributed by atoms with E-state index in [9.17, 15) is 5.11 Å². The Morgan fingerprint density at radius 1 is 1.59 bits per heavy atom. The number of aliphatic hydroxyl groups excluding tert-OH is 1. The topological polar surface area (TPSA) is 50.1 Å². The first kappa shape index (κ1) is 13.1. The molecular formula is C12H20BrN3O. The van der Waals surface area contributed by atoms with E-state index >= 15 is 0 Å². The molecule has 1 saturated heterocycles. The number of nitrogens with zero attached hydrogens (tertiary/aromatic N) is 2. The highest BCUT2D eigenvalue weighted by Crippen LogP contribution is 2.33. The number of hydrogen-bond donors (Lipinski definition) is 2. The molecule has 5 heteroatoms. The molecule has 2 N–H and O–H groups in total. The van der Waals surface area contributed by atoms with Gasteiger partial charge in [-0.05, 0) is 49.2 Å². The summed E-state index contributed by atoms with van der Waals surface area (Å²) in [6.45, 7) is 6.11. The van der Waals surface area contributed by atoms with E-state index < -0.39 is 6.10 Å². The largest absolute Gasteiger partial charge is 0.386 e. The predicted octanol–water partition coefficient (Wildman–Crippen LogP) is 2.26. The Morgan fingerprint density at radius 2 is 2.35 bits per heavy atom. The van der Waals surface area contributed by atoms with Crippen molar-refractivity contribution in [3.8, 4) is 0 Å². The van der Waals surface area contributed by atoms with Crippen molar-refractivity contribution in [2.24, 2.45) is 5.92 Å². The van der Waals surface area contributed by atoms with Gasteiger partial charge < -0.3 is 10.4 Å². The summed E-state index contributed by atoms with van der Waals surface area (Å²) >= 11 is 3.49. The van der Waals surface area contributed by atoms with Crippen molar-refractivity contribution in [1.29, 1.82) is 0 Å². The fourth-order valence-electron chi connectivity index (χ4n) is 2.41. The summed E-state index contributed by atoms with van der Waals surface area (Å²) in [7, 11) is 0. The average Bonchev–Trinajstić information content (AvgIpc) is 2.71. The zero-order valence-corrected chi connectivity index (χ0v) is 11.9. The fourth-order valence-corrected chi connectivity index (χ4v) is 2.92. The Bertz CT molecular complexity index is 372. The van der Waals surface area contributed by atoms with Gasteiger partial charge in [-0.25, -0.2) is 0 Å². The number of nitrogens with one attached hydrogen (secondary N) is 1. The van der Waals surface area contributed by atoms with Gasteiger partial charge in [-0.1, -0.05) is 0 Å².